The SMILES string of the molecule is Cc1ccc(C(C)C)cc1OC(C)C(=O)NC(C)(C)CN.Cl. The van der Waals surface area contributed by atoms with E-state index in [-0.39, 0.29) is 18.3 Å². The number of carbonyl (C=O) groups is 1. The van der Waals surface area contributed by atoms with E-state index in [0.717, 1.165) is 11.3 Å². The van der Waals surface area contributed by atoms with E-state index < -0.39 is 11.6 Å². The molecule has 1 aromatic rings. The van der Waals surface area contributed by atoms with Crippen LogP contribution in [0, 0.1) is 6.92 Å². The molecule has 3 N–H and O–H groups in total. The molecule has 1 aromatic carbocycles. The summed E-state index contributed by atoms with van der Waals surface area (Å²) in [7, 11) is 0. The zero-order valence-corrected chi connectivity index (χ0v) is 15.2. The Morgan fingerprint density at radius 2 is 1.91 bits per heavy atom. The van der Waals surface area contributed by atoms with Gasteiger partial charge in [0, 0.05) is 12.1 Å². The van der Waals surface area contributed by atoms with Crippen LogP contribution in [0.4, 0.5) is 0 Å². The van der Waals surface area contributed by atoms with Gasteiger partial charge in [-0.3, -0.25) is 4.79 Å². The molecule has 0 saturated carbocycles. The minimum Gasteiger partial charge on any atom is -0.481 e. The molecular weight excluding hydrogens is 300 g/mol. The molecule has 0 heterocycles. The maximum atomic E-state index is 12.2. The summed E-state index contributed by atoms with van der Waals surface area (Å²) in [4.78, 5) is 12.2. The van der Waals surface area contributed by atoms with Crippen molar-refractivity contribution in [1.29, 1.82) is 0 Å². The molecule has 0 bridgehead atoms. The summed E-state index contributed by atoms with van der Waals surface area (Å²) in [5, 5.41) is 2.89. The van der Waals surface area contributed by atoms with E-state index in [9.17, 15) is 4.79 Å². The number of rotatable bonds is 6. The third-order valence-electron chi connectivity index (χ3n) is 3.52. The van der Waals surface area contributed by atoms with Gasteiger partial charge < -0.3 is 15.8 Å². The highest BCUT2D eigenvalue weighted by Gasteiger charge is 2.23. The molecule has 0 fully saturated rings. The van der Waals surface area contributed by atoms with Gasteiger partial charge in [-0.05, 0) is 50.8 Å². The third kappa shape index (κ3) is 5.85. The molecule has 4 nitrogen and oxygen atoms in total. The second-order valence-electron chi connectivity index (χ2n) is 6.52. The quantitative estimate of drug-likeness (QED) is 0.843. The summed E-state index contributed by atoms with van der Waals surface area (Å²) in [6, 6.07) is 6.13. The van der Waals surface area contributed by atoms with E-state index in [0.29, 0.717) is 12.5 Å². The van der Waals surface area contributed by atoms with Crippen molar-refractivity contribution in [3.8, 4) is 5.75 Å². The minimum absolute atomic E-state index is 0. The highest BCUT2D eigenvalue weighted by Crippen LogP contribution is 2.25. The van der Waals surface area contributed by atoms with E-state index in [1.54, 1.807) is 6.92 Å². The molecule has 0 aliphatic rings. The lowest BCUT2D eigenvalue weighted by Gasteiger charge is -2.26. The predicted octanol–water partition coefficient (Wildman–Crippen LogP) is 3.16. The van der Waals surface area contributed by atoms with Crippen LogP contribution in [-0.4, -0.2) is 24.1 Å². The topological polar surface area (TPSA) is 64.3 Å². The van der Waals surface area contributed by atoms with Crippen LogP contribution in [-0.2, 0) is 4.79 Å². The van der Waals surface area contributed by atoms with Gasteiger partial charge in [0.1, 0.15) is 5.75 Å². The largest absolute Gasteiger partial charge is 0.481 e. The van der Waals surface area contributed by atoms with Gasteiger partial charge in [-0.25, -0.2) is 0 Å². The monoisotopic (exact) mass is 328 g/mol. The highest BCUT2D eigenvalue weighted by atomic mass is 35.5. The lowest BCUT2D eigenvalue weighted by molar-refractivity contribution is -0.128. The Morgan fingerprint density at radius 1 is 1.32 bits per heavy atom. The van der Waals surface area contributed by atoms with Crippen molar-refractivity contribution in [1.82, 2.24) is 5.32 Å². The van der Waals surface area contributed by atoms with Crippen LogP contribution in [0.5, 0.6) is 5.75 Å². The van der Waals surface area contributed by atoms with Crippen LogP contribution in [0.15, 0.2) is 18.2 Å². The fraction of sp³-hybridized carbons (Fsp3) is 0.588. The van der Waals surface area contributed by atoms with Crippen LogP contribution in [0.2, 0.25) is 0 Å². The van der Waals surface area contributed by atoms with Crippen molar-refractivity contribution in [3.05, 3.63) is 29.3 Å². The number of hydrogen-bond donors (Lipinski definition) is 2. The highest BCUT2D eigenvalue weighted by molar-refractivity contribution is 5.85. The molecule has 0 spiro atoms. The average molecular weight is 329 g/mol. The van der Waals surface area contributed by atoms with Crippen molar-refractivity contribution >= 4 is 18.3 Å². The molecular formula is C17H29ClN2O2. The zero-order chi connectivity index (χ0) is 16.2. The van der Waals surface area contributed by atoms with Crippen molar-refractivity contribution < 1.29 is 9.53 Å². The van der Waals surface area contributed by atoms with Gasteiger partial charge in [-0.1, -0.05) is 26.0 Å². The predicted molar refractivity (Wildman–Crippen MR) is 93.9 cm³/mol. The standard InChI is InChI=1S/C17H28N2O2.ClH/c1-11(2)14-8-7-12(3)15(9-14)21-13(4)16(20)19-17(5,6)10-18;/h7-9,11,13H,10,18H2,1-6H3,(H,19,20);1H. The second-order valence-corrected chi connectivity index (χ2v) is 6.52. The summed E-state index contributed by atoms with van der Waals surface area (Å²) in [6.45, 7) is 12.2. The van der Waals surface area contributed by atoms with Gasteiger partial charge in [0.15, 0.2) is 6.10 Å². The zero-order valence-electron chi connectivity index (χ0n) is 14.4. The second kappa shape index (κ2) is 8.39. The molecule has 22 heavy (non-hydrogen) atoms. The number of nitrogens with one attached hydrogen (secondary N) is 1. The van der Waals surface area contributed by atoms with E-state index in [4.69, 9.17) is 10.5 Å². The van der Waals surface area contributed by atoms with Crippen LogP contribution < -0.4 is 15.8 Å². The third-order valence-corrected chi connectivity index (χ3v) is 3.52. The Kier molecular flexibility index (Phi) is 7.91. The van der Waals surface area contributed by atoms with Gasteiger partial charge in [-0.2, -0.15) is 0 Å². The number of nitrogens with two attached hydrogens (primary N) is 1. The number of amides is 1. The van der Waals surface area contributed by atoms with E-state index >= 15 is 0 Å². The summed E-state index contributed by atoms with van der Waals surface area (Å²) >= 11 is 0. The van der Waals surface area contributed by atoms with Gasteiger partial charge in [0.05, 0.1) is 0 Å². The molecule has 0 aliphatic heterocycles. The van der Waals surface area contributed by atoms with E-state index in [1.165, 1.54) is 5.56 Å². The number of carbonyl (C=O) groups excluding carboxylic acids is 1. The molecule has 5 heteroatoms. The smallest absolute Gasteiger partial charge is 0.261 e. The van der Waals surface area contributed by atoms with Gasteiger partial charge >= 0.3 is 0 Å². The van der Waals surface area contributed by atoms with Gasteiger partial charge in [0.25, 0.3) is 5.91 Å². The lowest BCUT2D eigenvalue weighted by Crippen LogP contribution is -2.52. The molecule has 1 atom stereocenters. The number of hydrogen-bond acceptors (Lipinski definition) is 3. The number of halogens is 1. The van der Waals surface area contributed by atoms with Crippen molar-refractivity contribution in [2.45, 2.75) is 59.1 Å². The fourth-order valence-corrected chi connectivity index (χ4v) is 1.83. The molecule has 1 rings (SSSR count). The maximum Gasteiger partial charge on any atom is 0.261 e. The normalized spacial score (nSPS) is 12.5. The van der Waals surface area contributed by atoms with E-state index in [2.05, 4.69) is 25.2 Å². The average Bonchev–Trinajstić information content (AvgIpc) is 2.40. The first-order valence-electron chi connectivity index (χ1n) is 7.45. The fourth-order valence-electron chi connectivity index (χ4n) is 1.83. The minimum atomic E-state index is -0.558. The summed E-state index contributed by atoms with van der Waals surface area (Å²) in [5.74, 6) is 1.03. The van der Waals surface area contributed by atoms with Gasteiger partial charge in [-0.15, -0.1) is 12.4 Å². The summed E-state index contributed by atoms with van der Waals surface area (Å²) < 4.78 is 5.84. The Morgan fingerprint density at radius 3 is 2.41 bits per heavy atom. The Labute approximate surface area is 140 Å². The van der Waals surface area contributed by atoms with Gasteiger partial charge in [0.2, 0.25) is 0 Å². The van der Waals surface area contributed by atoms with Crippen LogP contribution >= 0.6 is 12.4 Å². The molecule has 0 aliphatic carbocycles. The molecule has 0 radical (unpaired) electrons. The molecule has 1 amide bonds. The maximum absolute atomic E-state index is 12.2. The molecule has 0 aromatic heterocycles. The molecule has 1 unspecified atom stereocenters. The van der Waals surface area contributed by atoms with E-state index in [1.807, 2.05) is 32.9 Å². The lowest BCUT2D eigenvalue weighted by atomic mass is 10.0. The Bertz CT molecular complexity index is 501. The molecule has 126 valence electrons. The first-order valence-corrected chi connectivity index (χ1v) is 7.45. The van der Waals surface area contributed by atoms with Crippen LogP contribution in [0.1, 0.15) is 51.7 Å². The first-order chi connectivity index (χ1) is 9.66. The summed E-state index contributed by atoms with van der Waals surface area (Å²) in [5.41, 5.74) is 7.43. The summed E-state index contributed by atoms with van der Waals surface area (Å²) in [6.07, 6.45) is -0.558. The van der Waals surface area contributed by atoms with Crippen LogP contribution in [0.3, 0.4) is 0 Å². The van der Waals surface area contributed by atoms with Crippen LogP contribution in [0.25, 0.3) is 0 Å². The Hall–Kier alpha value is -1.26. The van der Waals surface area contributed by atoms with Crippen molar-refractivity contribution in [3.63, 3.8) is 0 Å². The number of aryl methyl sites for hydroxylation is 1. The number of ether oxygens (including phenoxy) is 1. The van der Waals surface area contributed by atoms with Crippen molar-refractivity contribution in [2.75, 3.05) is 6.54 Å². The Balaban J connectivity index is 0.00000441. The number of benzene rings is 1. The first kappa shape index (κ1) is 20.7. The van der Waals surface area contributed by atoms with Crippen molar-refractivity contribution in [2.24, 2.45) is 5.73 Å². The molecule has 0 saturated heterocycles.